The number of ether oxygens (including phenoxy) is 1. The number of furan rings is 1. The molecule has 0 spiro atoms. The summed E-state index contributed by atoms with van der Waals surface area (Å²) in [5.74, 6) is -0.229. The Morgan fingerprint density at radius 2 is 1.89 bits per heavy atom. The molecule has 2 aromatic rings. The van der Waals surface area contributed by atoms with Crippen molar-refractivity contribution < 1.29 is 23.1 Å². The second-order valence-corrected chi connectivity index (χ2v) is 6.47. The summed E-state index contributed by atoms with van der Waals surface area (Å²) in [6.45, 7) is 4.68. The van der Waals surface area contributed by atoms with Gasteiger partial charge in [-0.1, -0.05) is 13.8 Å². The lowest BCUT2D eigenvalue weighted by Gasteiger charge is -2.21. The van der Waals surface area contributed by atoms with Gasteiger partial charge in [-0.05, 0) is 55.2 Å². The van der Waals surface area contributed by atoms with Crippen molar-refractivity contribution in [2.45, 2.75) is 32.7 Å². The second kappa shape index (κ2) is 10.4. The number of benzene rings is 1. The molecule has 1 unspecified atom stereocenters. The fourth-order valence-corrected chi connectivity index (χ4v) is 2.42. The molecule has 1 heterocycles. The number of nitrogens with one attached hydrogen (secondary N) is 2. The molecule has 2 rings (SSSR count). The zero-order valence-electron chi connectivity index (χ0n) is 15.5. The van der Waals surface area contributed by atoms with Gasteiger partial charge in [0.25, 0.3) is 5.91 Å². The summed E-state index contributed by atoms with van der Waals surface area (Å²) in [6, 6.07) is 8.37. The van der Waals surface area contributed by atoms with Crippen molar-refractivity contribution in [1.82, 2.24) is 10.6 Å². The Hall–Kier alpha value is -2.83. The van der Waals surface area contributed by atoms with Crippen LogP contribution in [0.3, 0.4) is 0 Å². The summed E-state index contributed by atoms with van der Waals surface area (Å²) >= 11 is 0. The van der Waals surface area contributed by atoms with Gasteiger partial charge >= 0.3 is 0 Å². The van der Waals surface area contributed by atoms with Crippen LogP contribution in [-0.2, 0) is 4.79 Å². The highest BCUT2D eigenvalue weighted by Crippen LogP contribution is 2.11. The highest BCUT2D eigenvalue weighted by Gasteiger charge is 2.25. The molecule has 2 amide bonds. The Bertz CT molecular complexity index is 714. The minimum atomic E-state index is -0.641. The minimum absolute atomic E-state index is 0.0641. The van der Waals surface area contributed by atoms with Crippen LogP contribution < -0.4 is 15.4 Å². The van der Waals surface area contributed by atoms with E-state index >= 15 is 0 Å². The van der Waals surface area contributed by atoms with E-state index in [9.17, 15) is 14.0 Å². The van der Waals surface area contributed by atoms with Crippen LogP contribution in [0, 0.1) is 11.7 Å². The number of carbonyl (C=O) groups is 2. The summed E-state index contributed by atoms with van der Waals surface area (Å²) in [5, 5.41) is 5.53. The molecule has 6 nitrogen and oxygen atoms in total. The smallest absolute Gasteiger partial charge is 0.287 e. The molecule has 1 aromatic carbocycles. The van der Waals surface area contributed by atoms with Gasteiger partial charge in [-0.3, -0.25) is 9.59 Å². The Morgan fingerprint density at radius 1 is 1.15 bits per heavy atom. The molecule has 146 valence electrons. The van der Waals surface area contributed by atoms with Crippen LogP contribution in [0.25, 0.3) is 0 Å². The summed E-state index contributed by atoms with van der Waals surface area (Å²) in [4.78, 5) is 24.4. The minimum Gasteiger partial charge on any atom is -0.494 e. The average molecular weight is 376 g/mol. The van der Waals surface area contributed by atoms with E-state index in [1.165, 1.54) is 18.4 Å². The average Bonchev–Trinajstić information content (AvgIpc) is 3.18. The highest BCUT2D eigenvalue weighted by atomic mass is 19.1. The van der Waals surface area contributed by atoms with E-state index in [1.807, 2.05) is 13.8 Å². The third-order valence-electron chi connectivity index (χ3n) is 3.93. The zero-order valence-corrected chi connectivity index (χ0v) is 15.5. The first-order chi connectivity index (χ1) is 13.0. The molecule has 0 radical (unpaired) electrons. The first-order valence-electron chi connectivity index (χ1n) is 8.98. The van der Waals surface area contributed by atoms with Crippen molar-refractivity contribution in [2.75, 3.05) is 13.2 Å². The maximum atomic E-state index is 12.8. The van der Waals surface area contributed by atoms with Gasteiger partial charge in [-0.15, -0.1) is 0 Å². The summed E-state index contributed by atoms with van der Waals surface area (Å²) in [7, 11) is 0. The summed E-state index contributed by atoms with van der Waals surface area (Å²) in [6.07, 6.45) is 2.88. The van der Waals surface area contributed by atoms with E-state index in [0.29, 0.717) is 18.9 Å². The molecule has 0 bridgehead atoms. The lowest BCUT2D eigenvalue weighted by Crippen LogP contribution is -2.49. The third kappa shape index (κ3) is 6.77. The lowest BCUT2D eigenvalue weighted by atomic mass is 10.0. The zero-order chi connectivity index (χ0) is 19.6. The van der Waals surface area contributed by atoms with Crippen LogP contribution in [0.15, 0.2) is 47.1 Å². The molecule has 0 aliphatic rings. The van der Waals surface area contributed by atoms with Crippen molar-refractivity contribution in [1.29, 1.82) is 0 Å². The Kier molecular flexibility index (Phi) is 7.85. The van der Waals surface area contributed by atoms with Gasteiger partial charge in [-0.2, -0.15) is 0 Å². The Morgan fingerprint density at radius 3 is 2.52 bits per heavy atom. The molecular weight excluding hydrogens is 351 g/mol. The van der Waals surface area contributed by atoms with E-state index < -0.39 is 11.9 Å². The van der Waals surface area contributed by atoms with E-state index in [-0.39, 0.29) is 23.4 Å². The monoisotopic (exact) mass is 376 g/mol. The van der Waals surface area contributed by atoms with Crippen LogP contribution in [0.2, 0.25) is 0 Å². The van der Waals surface area contributed by atoms with E-state index in [2.05, 4.69) is 10.6 Å². The van der Waals surface area contributed by atoms with Gasteiger partial charge < -0.3 is 19.8 Å². The molecule has 27 heavy (non-hydrogen) atoms. The molecule has 0 saturated carbocycles. The molecule has 1 aromatic heterocycles. The second-order valence-electron chi connectivity index (χ2n) is 6.47. The first-order valence-corrected chi connectivity index (χ1v) is 8.98. The SMILES string of the molecule is CC(C)C(NC(=O)c1ccco1)C(=O)NCCCCOc1ccc(F)cc1. The molecule has 0 saturated heterocycles. The quantitative estimate of drug-likeness (QED) is 0.624. The number of hydrogen-bond donors (Lipinski definition) is 2. The standard InChI is InChI=1S/C20H25FN2O4/c1-14(2)18(23-19(24)17-6-5-13-27-17)20(25)22-11-3-4-12-26-16-9-7-15(21)8-10-16/h5-10,13-14,18H,3-4,11-12H2,1-2H3,(H,22,25)(H,23,24). The maximum Gasteiger partial charge on any atom is 0.287 e. The van der Waals surface area contributed by atoms with Crippen molar-refractivity contribution in [3.63, 3.8) is 0 Å². The van der Waals surface area contributed by atoms with Gasteiger partial charge in [0, 0.05) is 6.54 Å². The molecule has 0 fully saturated rings. The van der Waals surface area contributed by atoms with Crippen LogP contribution in [-0.4, -0.2) is 31.0 Å². The molecule has 2 N–H and O–H groups in total. The van der Waals surface area contributed by atoms with Crippen molar-refractivity contribution in [3.05, 3.63) is 54.2 Å². The molecule has 0 aliphatic carbocycles. The number of amides is 2. The maximum absolute atomic E-state index is 12.8. The van der Waals surface area contributed by atoms with Crippen molar-refractivity contribution in [3.8, 4) is 5.75 Å². The Balaban J connectivity index is 1.67. The molecule has 1 atom stereocenters. The van der Waals surface area contributed by atoms with E-state index in [4.69, 9.17) is 9.15 Å². The van der Waals surface area contributed by atoms with Gasteiger partial charge in [0.1, 0.15) is 17.6 Å². The predicted octanol–water partition coefficient (Wildman–Crippen LogP) is 3.15. The normalized spacial score (nSPS) is 11.9. The molecule has 0 aliphatic heterocycles. The number of unbranched alkanes of at least 4 members (excludes halogenated alkanes) is 1. The van der Waals surface area contributed by atoms with Crippen LogP contribution in [0.4, 0.5) is 4.39 Å². The number of rotatable bonds is 10. The summed E-state index contributed by atoms with van der Waals surface area (Å²) in [5.41, 5.74) is 0. The highest BCUT2D eigenvalue weighted by molar-refractivity contribution is 5.95. The van der Waals surface area contributed by atoms with Gasteiger partial charge in [0.15, 0.2) is 5.76 Å². The Labute approximate surface area is 158 Å². The lowest BCUT2D eigenvalue weighted by molar-refractivity contribution is -0.123. The summed E-state index contributed by atoms with van der Waals surface area (Å²) < 4.78 is 23.4. The molecular formula is C20H25FN2O4. The fourth-order valence-electron chi connectivity index (χ4n) is 2.42. The van der Waals surface area contributed by atoms with E-state index in [1.54, 1.807) is 24.3 Å². The van der Waals surface area contributed by atoms with Crippen LogP contribution >= 0.6 is 0 Å². The molecule has 7 heteroatoms. The van der Waals surface area contributed by atoms with E-state index in [0.717, 1.165) is 12.8 Å². The third-order valence-corrected chi connectivity index (χ3v) is 3.93. The van der Waals surface area contributed by atoms with Gasteiger partial charge in [0.05, 0.1) is 12.9 Å². The van der Waals surface area contributed by atoms with Crippen LogP contribution in [0.5, 0.6) is 5.75 Å². The fraction of sp³-hybridized carbons (Fsp3) is 0.400. The largest absolute Gasteiger partial charge is 0.494 e. The van der Waals surface area contributed by atoms with Crippen LogP contribution in [0.1, 0.15) is 37.2 Å². The van der Waals surface area contributed by atoms with Gasteiger partial charge in [0.2, 0.25) is 5.91 Å². The number of halogens is 1. The first kappa shape index (κ1) is 20.5. The van der Waals surface area contributed by atoms with Gasteiger partial charge in [-0.25, -0.2) is 4.39 Å². The van der Waals surface area contributed by atoms with Crippen molar-refractivity contribution in [2.24, 2.45) is 5.92 Å². The topological polar surface area (TPSA) is 80.6 Å². The predicted molar refractivity (Wildman–Crippen MR) is 98.9 cm³/mol. The van der Waals surface area contributed by atoms with Crippen molar-refractivity contribution >= 4 is 11.8 Å². The number of hydrogen-bond acceptors (Lipinski definition) is 4. The number of carbonyl (C=O) groups excluding carboxylic acids is 2.